The molecule has 0 radical (unpaired) electrons. The second-order valence-electron chi connectivity index (χ2n) is 4.57. The van der Waals surface area contributed by atoms with Crippen molar-refractivity contribution >= 4 is 0 Å². The molecule has 2 rings (SSSR count). The maximum absolute atomic E-state index is 12.5. The zero-order valence-electron chi connectivity index (χ0n) is 12.1. The monoisotopic (exact) mass is 312 g/mol. The van der Waals surface area contributed by atoms with E-state index in [1.807, 2.05) is 0 Å². The lowest BCUT2D eigenvalue weighted by atomic mass is 10.1. The number of ether oxygens (including phenoxy) is 2. The maximum atomic E-state index is 12.5. The summed E-state index contributed by atoms with van der Waals surface area (Å²) in [6, 6.07) is 5.10. The van der Waals surface area contributed by atoms with Crippen LogP contribution in [0.5, 0.6) is 11.8 Å². The summed E-state index contributed by atoms with van der Waals surface area (Å²) in [6.07, 6.45) is -1.65. The van der Waals surface area contributed by atoms with E-state index in [1.54, 1.807) is 6.20 Å². The van der Waals surface area contributed by atoms with E-state index < -0.39 is 11.7 Å². The van der Waals surface area contributed by atoms with E-state index in [0.717, 1.165) is 17.7 Å². The third-order valence-corrected chi connectivity index (χ3v) is 3.10. The number of hydrogen-bond donors (Lipinski definition) is 0. The van der Waals surface area contributed by atoms with E-state index in [1.165, 1.54) is 26.4 Å². The Morgan fingerprint density at radius 2 is 1.59 bits per heavy atom. The minimum atomic E-state index is -4.31. The van der Waals surface area contributed by atoms with Crippen molar-refractivity contribution in [2.45, 2.75) is 19.0 Å². The van der Waals surface area contributed by atoms with Gasteiger partial charge in [-0.2, -0.15) is 13.2 Å². The second-order valence-corrected chi connectivity index (χ2v) is 4.57. The average molecular weight is 312 g/mol. The molecule has 0 saturated heterocycles. The fraction of sp³-hybridized carbons (Fsp3) is 0.333. The Morgan fingerprint density at radius 3 is 2.14 bits per heavy atom. The zero-order valence-corrected chi connectivity index (χ0v) is 12.1. The average Bonchev–Trinajstić information content (AvgIpc) is 2.52. The van der Waals surface area contributed by atoms with Gasteiger partial charge in [-0.15, -0.1) is 0 Å². The van der Waals surface area contributed by atoms with Crippen molar-refractivity contribution in [3.05, 3.63) is 47.3 Å². The van der Waals surface area contributed by atoms with Crippen molar-refractivity contribution in [2.24, 2.45) is 0 Å². The largest absolute Gasteiger partial charge is 0.477 e. The molecule has 0 N–H and O–H groups in total. The smallest absolute Gasteiger partial charge is 0.416 e. The van der Waals surface area contributed by atoms with Crippen molar-refractivity contribution in [1.82, 2.24) is 9.97 Å². The minimum Gasteiger partial charge on any atom is -0.477 e. The summed E-state index contributed by atoms with van der Waals surface area (Å²) < 4.78 is 47.5. The molecule has 0 aliphatic heterocycles. The predicted octanol–water partition coefficient (Wildman–Crippen LogP) is 3.30. The molecular formula is C15H15F3N2O2. The van der Waals surface area contributed by atoms with Gasteiger partial charge in [0.25, 0.3) is 11.8 Å². The minimum absolute atomic E-state index is 0.285. The topological polar surface area (TPSA) is 44.2 Å². The fourth-order valence-corrected chi connectivity index (χ4v) is 1.92. The highest BCUT2D eigenvalue weighted by Gasteiger charge is 2.29. The van der Waals surface area contributed by atoms with Crippen LogP contribution in [0.3, 0.4) is 0 Å². The molecule has 0 atom stereocenters. The molecule has 0 spiro atoms. The summed E-state index contributed by atoms with van der Waals surface area (Å²) in [5, 5.41) is 0. The summed E-state index contributed by atoms with van der Waals surface area (Å²) in [6.45, 7) is 0. The highest BCUT2D eigenvalue weighted by Crippen LogP contribution is 2.29. The molecule has 1 aromatic heterocycles. The summed E-state index contributed by atoms with van der Waals surface area (Å²) in [4.78, 5) is 8.31. The van der Waals surface area contributed by atoms with E-state index in [9.17, 15) is 13.2 Å². The quantitative estimate of drug-likeness (QED) is 0.850. The molecule has 1 aromatic carbocycles. The number of hydrogen-bond acceptors (Lipinski definition) is 4. The Bertz CT molecular complexity index is 628. The fourth-order valence-electron chi connectivity index (χ4n) is 1.92. The standard InChI is InChI=1S/C15H15F3N2O2/c1-21-13-14(22-2)20-12(9-19-13)8-5-10-3-6-11(7-4-10)15(16,17)18/h3-4,6-7,9H,5,8H2,1-2H3. The first kappa shape index (κ1) is 16.1. The number of rotatable bonds is 5. The van der Waals surface area contributed by atoms with Crippen LogP contribution in [0.4, 0.5) is 13.2 Å². The van der Waals surface area contributed by atoms with Crippen molar-refractivity contribution in [1.29, 1.82) is 0 Å². The number of methoxy groups -OCH3 is 2. The Kier molecular flexibility index (Phi) is 4.85. The maximum Gasteiger partial charge on any atom is 0.416 e. The molecule has 22 heavy (non-hydrogen) atoms. The highest BCUT2D eigenvalue weighted by molar-refractivity contribution is 5.28. The van der Waals surface area contributed by atoms with Gasteiger partial charge in [-0.05, 0) is 30.5 Å². The molecule has 0 aliphatic rings. The first-order valence-electron chi connectivity index (χ1n) is 6.54. The Morgan fingerprint density at radius 1 is 0.955 bits per heavy atom. The zero-order chi connectivity index (χ0) is 16.2. The first-order valence-corrected chi connectivity index (χ1v) is 6.54. The van der Waals surface area contributed by atoms with Gasteiger partial charge in [0, 0.05) is 0 Å². The van der Waals surface area contributed by atoms with Crippen LogP contribution in [-0.2, 0) is 19.0 Å². The lowest BCUT2D eigenvalue weighted by molar-refractivity contribution is -0.137. The van der Waals surface area contributed by atoms with Gasteiger partial charge >= 0.3 is 6.18 Å². The normalized spacial score (nSPS) is 11.3. The van der Waals surface area contributed by atoms with Crippen molar-refractivity contribution < 1.29 is 22.6 Å². The second kappa shape index (κ2) is 6.64. The van der Waals surface area contributed by atoms with Gasteiger partial charge < -0.3 is 9.47 Å². The molecule has 0 saturated carbocycles. The van der Waals surface area contributed by atoms with Gasteiger partial charge in [0.15, 0.2) is 0 Å². The molecule has 1 heterocycles. The van der Waals surface area contributed by atoms with Gasteiger partial charge in [0.2, 0.25) is 0 Å². The number of alkyl halides is 3. The van der Waals surface area contributed by atoms with Gasteiger partial charge in [-0.1, -0.05) is 12.1 Å². The number of benzene rings is 1. The lowest BCUT2D eigenvalue weighted by Crippen LogP contribution is -2.05. The van der Waals surface area contributed by atoms with Crippen molar-refractivity contribution in [2.75, 3.05) is 14.2 Å². The molecule has 0 unspecified atom stereocenters. The number of aryl methyl sites for hydroxylation is 2. The highest BCUT2D eigenvalue weighted by atomic mass is 19.4. The SMILES string of the molecule is COc1ncc(CCc2ccc(C(F)(F)F)cc2)nc1OC. The molecule has 2 aromatic rings. The van der Waals surface area contributed by atoms with E-state index >= 15 is 0 Å². The first-order chi connectivity index (χ1) is 10.4. The Balaban J connectivity index is 2.04. The molecule has 118 valence electrons. The van der Waals surface area contributed by atoms with Crippen LogP contribution in [0.2, 0.25) is 0 Å². The van der Waals surface area contributed by atoms with Crippen molar-refractivity contribution in [3.63, 3.8) is 0 Å². The van der Waals surface area contributed by atoms with E-state index in [0.29, 0.717) is 24.4 Å². The van der Waals surface area contributed by atoms with Crippen LogP contribution in [-0.4, -0.2) is 24.2 Å². The molecule has 0 fully saturated rings. The molecular weight excluding hydrogens is 297 g/mol. The van der Waals surface area contributed by atoms with Crippen LogP contribution >= 0.6 is 0 Å². The molecule has 0 aliphatic carbocycles. The van der Waals surface area contributed by atoms with Gasteiger partial charge in [0.05, 0.1) is 31.7 Å². The van der Waals surface area contributed by atoms with Crippen LogP contribution < -0.4 is 9.47 Å². The molecule has 0 amide bonds. The summed E-state index contributed by atoms with van der Waals surface area (Å²) in [5.74, 6) is 0.577. The van der Waals surface area contributed by atoms with Gasteiger partial charge in [-0.3, -0.25) is 0 Å². The van der Waals surface area contributed by atoms with E-state index in [-0.39, 0.29) is 5.88 Å². The number of aromatic nitrogens is 2. The lowest BCUT2D eigenvalue weighted by Gasteiger charge is -2.09. The Hall–Kier alpha value is -2.31. The third kappa shape index (κ3) is 3.87. The van der Waals surface area contributed by atoms with Crippen LogP contribution in [0.25, 0.3) is 0 Å². The molecule has 0 bridgehead atoms. The third-order valence-electron chi connectivity index (χ3n) is 3.10. The number of halogens is 3. The van der Waals surface area contributed by atoms with E-state index in [4.69, 9.17) is 9.47 Å². The predicted molar refractivity (Wildman–Crippen MR) is 74.0 cm³/mol. The van der Waals surface area contributed by atoms with E-state index in [2.05, 4.69) is 9.97 Å². The van der Waals surface area contributed by atoms with Crippen LogP contribution in [0.15, 0.2) is 30.5 Å². The number of nitrogens with zero attached hydrogens (tertiary/aromatic N) is 2. The molecule has 4 nitrogen and oxygen atoms in total. The van der Waals surface area contributed by atoms with Crippen LogP contribution in [0, 0.1) is 0 Å². The van der Waals surface area contributed by atoms with Gasteiger partial charge in [0.1, 0.15) is 0 Å². The van der Waals surface area contributed by atoms with Crippen LogP contribution in [0.1, 0.15) is 16.8 Å². The Labute approximate surface area is 125 Å². The summed E-state index contributed by atoms with van der Waals surface area (Å²) >= 11 is 0. The van der Waals surface area contributed by atoms with Crippen molar-refractivity contribution in [3.8, 4) is 11.8 Å². The summed E-state index contributed by atoms with van der Waals surface area (Å²) in [7, 11) is 2.93. The molecule has 7 heteroatoms. The summed E-state index contributed by atoms with van der Waals surface area (Å²) in [5.41, 5.74) is 0.823. The van der Waals surface area contributed by atoms with Gasteiger partial charge in [-0.25, -0.2) is 9.97 Å².